The Morgan fingerprint density at radius 3 is 2.18 bits per heavy atom. The highest BCUT2D eigenvalue weighted by molar-refractivity contribution is 7.92. The predicted molar refractivity (Wildman–Crippen MR) is 111 cm³/mol. The van der Waals surface area contributed by atoms with Gasteiger partial charge in [0, 0.05) is 11.1 Å². The van der Waals surface area contributed by atoms with Crippen molar-refractivity contribution in [2.75, 3.05) is 18.5 Å². The zero-order valence-electron chi connectivity index (χ0n) is 15.5. The van der Waals surface area contributed by atoms with E-state index in [9.17, 15) is 8.42 Å². The Morgan fingerprint density at radius 2 is 1.50 bits per heavy atom. The summed E-state index contributed by atoms with van der Waals surface area (Å²) >= 11 is 6.12. The molecular weight excluding hydrogens is 398 g/mol. The lowest BCUT2D eigenvalue weighted by Gasteiger charge is -2.25. The molecule has 0 bridgehead atoms. The van der Waals surface area contributed by atoms with Crippen LogP contribution in [0.2, 0.25) is 5.02 Å². The molecule has 0 aliphatic rings. The lowest BCUT2D eigenvalue weighted by Crippen LogP contribution is -2.30. The smallest absolute Gasteiger partial charge is 0.264 e. The third-order valence-corrected chi connectivity index (χ3v) is 6.19. The summed E-state index contributed by atoms with van der Waals surface area (Å²) in [6.07, 6.45) is 0. The molecule has 0 heterocycles. The van der Waals surface area contributed by atoms with Gasteiger partial charge in [0.25, 0.3) is 10.0 Å². The minimum atomic E-state index is -3.87. The zero-order valence-corrected chi connectivity index (χ0v) is 17.1. The number of ether oxygens (including phenoxy) is 2. The Hall–Kier alpha value is -2.70. The fraction of sp³-hybridized carbons (Fsp3) is 0.143. The summed E-state index contributed by atoms with van der Waals surface area (Å²) in [6.45, 7) is 0.122. The van der Waals surface area contributed by atoms with Crippen LogP contribution in [0.4, 0.5) is 5.69 Å². The van der Waals surface area contributed by atoms with Crippen molar-refractivity contribution in [3.8, 4) is 11.5 Å². The molecule has 28 heavy (non-hydrogen) atoms. The van der Waals surface area contributed by atoms with Gasteiger partial charge in [0.2, 0.25) is 0 Å². The van der Waals surface area contributed by atoms with Gasteiger partial charge in [0.05, 0.1) is 31.3 Å². The average Bonchev–Trinajstić information content (AvgIpc) is 2.72. The van der Waals surface area contributed by atoms with E-state index in [1.54, 1.807) is 55.6 Å². The number of anilines is 1. The summed E-state index contributed by atoms with van der Waals surface area (Å²) in [5, 5.41) is 0.453. The van der Waals surface area contributed by atoms with Gasteiger partial charge in [-0.25, -0.2) is 8.42 Å². The van der Waals surface area contributed by atoms with Crippen molar-refractivity contribution in [2.24, 2.45) is 0 Å². The van der Waals surface area contributed by atoms with Gasteiger partial charge in [0.1, 0.15) is 11.5 Å². The Labute approximate surface area is 170 Å². The summed E-state index contributed by atoms with van der Waals surface area (Å²) < 4.78 is 38.7. The number of rotatable bonds is 7. The van der Waals surface area contributed by atoms with Crippen LogP contribution in [0.15, 0.2) is 77.7 Å². The van der Waals surface area contributed by atoms with E-state index in [1.165, 1.54) is 17.5 Å². The van der Waals surface area contributed by atoms with Gasteiger partial charge in [-0.05, 0) is 48.0 Å². The van der Waals surface area contributed by atoms with E-state index < -0.39 is 10.0 Å². The van der Waals surface area contributed by atoms with Gasteiger partial charge < -0.3 is 9.47 Å². The van der Waals surface area contributed by atoms with E-state index in [-0.39, 0.29) is 11.4 Å². The maximum absolute atomic E-state index is 13.5. The minimum absolute atomic E-state index is 0.122. The molecule has 7 heteroatoms. The zero-order chi connectivity index (χ0) is 20.1. The number of halogens is 1. The number of hydrogen-bond acceptors (Lipinski definition) is 4. The summed E-state index contributed by atoms with van der Waals surface area (Å²) in [4.78, 5) is 0.134. The molecule has 0 radical (unpaired) electrons. The van der Waals surface area contributed by atoms with E-state index in [0.29, 0.717) is 22.2 Å². The van der Waals surface area contributed by atoms with Gasteiger partial charge >= 0.3 is 0 Å². The van der Waals surface area contributed by atoms with Crippen LogP contribution in [0.1, 0.15) is 5.56 Å². The molecule has 0 saturated carbocycles. The SMILES string of the molecule is COc1cccc(CN(c2cccc(Cl)c2)S(=O)(=O)c2cccc(OC)c2)c1. The van der Waals surface area contributed by atoms with Crippen LogP contribution in [0.3, 0.4) is 0 Å². The molecule has 0 spiro atoms. The lowest BCUT2D eigenvalue weighted by atomic mass is 10.2. The maximum Gasteiger partial charge on any atom is 0.264 e. The molecule has 3 aromatic carbocycles. The van der Waals surface area contributed by atoms with E-state index >= 15 is 0 Å². The first kappa shape index (κ1) is 20.0. The molecule has 5 nitrogen and oxygen atoms in total. The molecule has 3 rings (SSSR count). The first-order valence-electron chi connectivity index (χ1n) is 8.49. The Balaban J connectivity index is 2.09. The third-order valence-electron chi connectivity index (χ3n) is 4.19. The number of nitrogens with zero attached hydrogens (tertiary/aromatic N) is 1. The molecule has 0 fully saturated rings. The van der Waals surface area contributed by atoms with Crippen molar-refractivity contribution in [1.29, 1.82) is 0 Å². The highest BCUT2D eigenvalue weighted by Crippen LogP contribution is 2.30. The Morgan fingerprint density at radius 1 is 0.857 bits per heavy atom. The molecular formula is C21H20ClNO4S. The predicted octanol–water partition coefficient (Wildman–Crippen LogP) is 4.75. The molecule has 3 aromatic rings. The normalized spacial score (nSPS) is 11.1. The third kappa shape index (κ3) is 4.40. The van der Waals surface area contributed by atoms with E-state index in [0.717, 1.165) is 5.56 Å². The van der Waals surface area contributed by atoms with Crippen molar-refractivity contribution in [3.05, 3.63) is 83.4 Å². The molecule has 146 valence electrons. The van der Waals surface area contributed by atoms with Crippen molar-refractivity contribution in [2.45, 2.75) is 11.4 Å². The summed E-state index contributed by atoms with van der Waals surface area (Å²) in [5.41, 5.74) is 1.25. The van der Waals surface area contributed by atoms with E-state index in [1.807, 2.05) is 18.2 Å². The average molecular weight is 418 g/mol. The van der Waals surface area contributed by atoms with Crippen LogP contribution in [-0.2, 0) is 16.6 Å². The van der Waals surface area contributed by atoms with Crippen LogP contribution in [0, 0.1) is 0 Å². The molecule has 0 aromatic heterocycles. The van der Waals surface area contributed by atoms with Crippen LogP contribution in [0.5, 0.6) is 11.5 Å². The van der Waals surface area contributed by atoms with Crippen LogP contribution < -0.4 is 13.8 Å². The first-order chi connectivity index (χ1) is 13.4. The lowest BCUT2D eigenvalue weighted by molar-refractivity contribution is 0.413. The van der Waals surface area contributed by atoms with Crippen LogP contribution in [0.25, 0.3) is 0 Å². The fourth-order valence-electron chi connectivity index (χ4n) is 2.77. The molecule has 0 saturated heterocycles. The second-order valence-electron chi connectivity index (χ2n) is 6.02. The van der Waals surface area contributed by atoms with Gasteiger partial charge in [-0.3, -0.25) is 4.31 Å². The minimum Gasteiger partial charge on any atom is -0.497 e. The summed E-state index contributed by atoms with van der Waals surface area (Å²) in [6, 6.07) is 20.4. The molecule has 0 amide bonds. The molecule has 0 unspecified atom stereocenters. The Kier molecular flexibility index (Phi) is 6.11. The van der Waals surface area contributed by atoms with Gasteiger partial charge in [0.15, 0.2) is 0 Å². The topological polar surface area (TPSA) is 55.8 Å². The quantitative estimate of drug-likeness (QED) is 0.556. The van der Waals surface area contributed by atoms with Gasteiger partial charge in [-0.2, -0.15) is 0 Å². The second kappa shape index (κ2) is 8.54. The van der Waals surface area contributed by atoms with Gasteiger partial charge in [-0.1, -0.05) is 35.9 Å². The Bertz CT molecular complexity index is 1070. The van der Waals surface area contributed by atoms with Crippen molar-refractivity contribution in [1.82, 2.24) is 0 Å². The highest BCUT2D eigenvalue weighted by atomic mass is 35.5. The summed E-state index contributed by atoms with van der Waals surface area (Å²) in [5.74, 6) is 1.12. The molecule has 0 N–H and O–H groups in total. The molecule has 0 atom stereocenters. The second-order valence-corrected chi connectivity index (χ2v) is 8.32. The van der Waals surface area contributed by atoms with Crippen molar-refractivity contribution in [3.63, 3.8) is 0 Å². The van der Waals surface area contributed by atoms with Crippen molar-refractivity contribution >= 4 is 27.3 Å². The fourth-order valence-corrected chi connectivity index (χ4v) is 4.44. The highest BCUT2D eigenvalue weighted by Gasteiger charge is 2.26. The largest absolute Gasteiger partial charge is 0.497 e. The van der Waals surface area contributed by atoms with Gasteiger partial charge in [-0.15, -0.1) is 0 Å². The van der Waals surface area contributed by atoms with Crippen LogP contribution in [-0.4, -0.2) is 22.6 Å². The monoisotopic (exact) mass is 417 g/mol. The number of methoxy groups -OCH3 is 2. The maximum atomic E-state index is 13.5. The molecule has 0 aliphatic heterocycles. The summed E-state index contributed by atoms with van der Waals surface area (Å²) in [7, 11) is -0.800. The number of hydrogen-bond donors (Lipinski definition) is 0. The number of sulfonamides is 1. The standard InChI is InChI=1S/C21H20ClNO4S/c1-26-19-9-3-6-16(12-19)15-23(18-8-4-7-17(22)13-18)28(24,25)21-11-5-10-20(14-21)27-2/h3-14H,15H2,1-2H3. The van der Waals surface area contributed by atoms with Crippen molar-refractivity contribution < 1.29 is 17.9 Å². The van der Waals surface area contributed by atoms with Crippen LogP contribution >= 0.6 is 11.6 Å². The molecule has 0 aliphatic carbocycles. The number of benzene rings is 3. The van der Waals surface area contributed by atoms with E-state index in [4.69, 9.17) is 21.1 Å². The first-order valence-corrected chi connectivity index (χ1v) is 10.3. The van der Waals surface area contributed by atoms with E-state index in [2.05, 4.69) is 0 Å².